The van der Waals surface area contributed by atoms with Gasteiger partial charge in [0.25, 0.3) is 5.56 Å². The molecule has 1 N–H and O–H groups in total. The molecule has 3 aromatic carbocycles. The van der Waals surface area contributed by atoms with Crippen LogP contribution in [-0.2, 0) is 17.9 Å². The van der Waals surface area contributed by atoms with E-state index in [0.717, 1.165) is 35.0 Å². The van der Waals surface area contributed by atoms with Gasteiger partial charge in [0.05, 0.1) is 23.5 Å². The Hall–Kier alpha value is -3.93. The number of anilines is 1. The van der Waals surface area contributed by atoms with Crippen LogP contribution in [0.4, 0.5) is 5.82 Å². The van der Waals surface area contributed by atoms with Crippen molar-refractivity contribution >= 4 is 22.8 Å². The number of carbonyl (C=O) groups excluding carboxylic acids is 1. The fourth-order valence-electron chi connectivity index (χ4n) is 4.73. The van der Waals surface area contributed by atoms with Gasteiger partial charge in [-0.2, -0.15) is 0 Å². The van der Waals surface area contributed by atoms with Crippen LogP contribution in [0.2, 0.25) is 0 Å². The predicted octanol–water partition coefficient (Wildman–Crippen LogP) is 4.29. The highest BCUT2D eigenvalue weighted by atomic mass is 16.2. The molecule has 1 aromatic heterocycles. The van der Waals surface area contributed by atoms with E-state index in [-0.39, 0.29) is 17.4 Å². The molecular formula is C29H30N4O2. The standard InChI is InChI=1S/C29H30N4O2/c1-21-13-15-22(16-14-21)18-30-28(34)24-10-7-17-32(20-24)27-29(35)33(19-23-8-3-2-4-9-23)26-12-6-5-11-25(26)31-27/h2-6,8-9,11-16,24H,7,10,17-20H2,1H3,(H,30,34)/t24-/m0/s1. The number of aryl methyl sites for hydroxylation is 1. The zero-order valence-corrected chi connectivity index (χ0v) is 20.0. The molecule has 1 atom stereocenters. The van der Waals surface area contributed by atoms with Crippen molar-refractivity contribution in [2.75, 3.05) is 18.0 Å². The summed E-state index contributed by atoms with van der Waals surface area (Å²) in [7, 11) is 0. The van der Waals surface area contributed by atoms with Crippen LogP contribution < -0.4 is 15.8 Å². The van der Waals surface area contributed by atoms with E-state index in [4.69, 9.17) is 4.98 Å². The molecule has 1 saturated heterocycles. The van der Waals surface area contributed by atoms with Gasteiger partial charge in [0, 0.05) is 19.6 Å². The average Bonchev–Trinajstić information content (AvgIpc) is 2.90. The number of para-hydroxylation sites is 2. The van der Waals surface area contributed by atoms with E-state index < -0.39 is 0 Å². The second-order valence-electron chi connectivity index (χ2n) is 9.29. The van der Waals surface area contributed by atoms with E-state index in [2.05, 4.69) is 17.4 Å². The normalized spacial score (nSPS) is 15.8. The summed E-state index contributed by atoms with van der Waals surface area (Å²) in [6.07, 6.45) is 1.65. The van der Waals surface area contributed by atoms with E-state index in [1.807, 2.05) is 78.6 Å². The molecule has 1 aliphatic rings. The van der Waals surface area contributed by atoms with Crippen LogP contribution in [0.1, 0.15) is 29.5 Å². The Morgan fingerprint density at radius 3 is 2.51 bits per heavy atom. The lowest BCUT2D eigenvalue weighted by molar-refractivity contribution is -0.125. The van der Waals surface area contributed by atoms with Gasteiger partial charge in [-0.25, -0.2) is 4.98 Å². The number of aromatic nitrogens is 2. The summed E-state index contributed by atoms with van der Waals surface area (Å²) in [6, 6.07) is 25.9. The highest BCUT2D eigenvalue weighted by molar-refractivity contribution is 5.80. The molecule has 4 aromatic rings. The maximum Gasteiger partial charge on any atom is 0.294 e. The van der Waals surface area contributed by atoms with Crippen molar-refractivity contribution in [3.05, 3.63) is 106 Å². The second-order valence-corrected chi connectivity index (χ2v) is 9.29. The highest BCUT2D eigenvalue weighted by Gasteiger charge is 2.28. The zero-order valence-electron chi connectivity index (χ0n) is 20.0. The first-order chi connectivity index (χ1) is 17.1. The maximum atomic E-state index is 13.7. The smallest absolute Gasteiger partial charge is 0.294 e. The van der Waals surface area contributed by atoms with Gasteiger partial charge in [-0.05, 0) is 43.0 Å². The Morgan fingerprint density at radius 2 is 1.71 bits per heavy atom. The van der Waals surface area contributed by atoms with Crippen molar-refractivity contribution in [2.24, 2.45) is 5.92 Å². The Morgan fingerprint density at radius 1 is 0.971 bits per heavy atom. The van der Waals surface area contributed by atoms with E-state index in [1.165, 1.54) is 5.56 Å². The fraction of sp³-hybridized carbons (Fsp3) is 0.276. The first-order valence-corrected chi connectivity index (χ1v) is 12.2. The third kappa shape index (κ3) is 5.11. The monoisotopic (exact) mass is 466 g/mol. The Balaban J connectivity index is 1.38. The maximum absolute atomic E-state index is 13.7. The molecule has 0 unspecified atom stereocenters. The van der Waals surface area contributed by atoms with Crippen LogP contribution in [-0.4, -0.2) is 28.5 Å². The minimum Gasteiger partial charge on any atom is -0.352 e. The van der Waals surface area contributed by atoms with Gasteiger partial charge in [-0.3, -0.25) is 14.2 Å². The van der Waals surface area contributed by atoms with Crippen LogP contribution in [0, 0.1) is 12.8 Å². The zero-order chi connectivity index (χ0) is 24.2. The van der Waals surface area contributed by atoms with E-state index in [0.29, 0.717) is 32.0 Å². The summed E-state index contributed by atoms with van der Waals surface area (Å²) in [4.78, 5) is 33.4. The number of hydrogen-bond donors (Lipinski definition) is 1. The van der Waals surface area contributed by atoms with Crippen LogP contribution in [0.25, 0.3) is 11.0 Å². The van der Waals surface area contributed by atoms with Crippen LogP contribution in [0.15, 0.2) is 83.7 Å². The molecule has 0 spiro atoms. The first-order valence-electron chi connectivity index (χ1n) is 12.2. The lowest BCUT2D eigenvalue weighted by atomic mass is 9.97. The molecule has 0 saturated carbocycles. The molecule has 1 fully saturated rings. The highest BCUT2D eigenvalue weighted by Crippen LogP contribution is 2.22. The number of piperidine rings is 1. The summed E-state index contributed by atoms with van der Waals surface area (Å²) >= 11 is 0. The molecule has 1 amide bonds. The van der Waals surface area contributed by atoms with Gasteiger partial charge in [-0.1, -0.05) is 72.3 Å². The molecule has 5 rings (SSSR count). The van der Waals surface area contributed by atoms with Crippen LogP contribution in [0.5, 0.6) is 0 Å². The Kier molecular flexibility index (Phi) is 6.62. The van der Waals surface area contributed by atoms with Gasteiger partial charge in [0.2, 0.25) is 5.91 Å². The van der Waals surface area contributed by atoms with E-state index in [1.54, 1.807) is 4.57 Å². The summed E-state index contributed by atoms with van der Waals surface area (Å²) in [5.41, 5.74) is 4.82. The molecule has 1 aliphatic heterocycles. The van der Waals surface area contributed by atoms with Gasteiger partial charge in [-0.15, -0.1) is 0 Å². The summed E-state index contributed by atoms with van der Waals surface area (Å²) in [5, 5.41) is 3.08. The Labute approximate surface area is 205 Å². The molecular weight excluding hydrogens is 436 g/mol. The van der Waals surface area contributed by atoms with Gasteiger partial charge >= 0.3 is 0 Å². The topological polar surface area (TPSA) is 67.2 Å². The van der Waals surface area contributed by atoms with Crippen molar-refractivity contribution in [2.45, 2.75) is 32.9 Å². The minimum absolute atomic E-state index is 0.0284. The Bertz CT molecular complexity index is 1380. The summed E-state index contributed by atoms with van der Waals surface area (Å²) in [6.45, 7) is 4.24. The number of benzene rings is 3. The number of nitrogens with zero attached hydrogens (tertiary/aromatic N) is 3. The molecule has 35 heavy (non-hydrogen) atoms. The molecule has 2 heterocycles. The first kappa shape index (κ1) is 22.8. The molecule has 6 heteroatoms. The SMILES string of the molecule is Cc1ccc(CNC(=O)[C@H]2CCCN(c3nc4ccccc4n(Cc4ccccc4)c3=O)C2)cc1. The molecule has 0 radical (unpaired) electrons. The van der Waals surface area contributed by atoms with Crippen molar-refractivity contribution < 1.29 is 4.79 Å². The van der Waals surface area contributed by atoms with Crippen molar-refractivity contribution in [1.82, 2.24) is 14.9 Å². The lowest BCUT2D eigenvalue weighted by Crippen LogP contribution is -2.45. The number of rotatable bonds is 6. The second kappa shape index (κ2) is 10.1. The third-order valence-electron chi connectivity index (χ3n) is 6.70. The van der Waals surface area contributed by atoms with Crippen LogP contribution in [0.3, 0.4) is 0 Å². The molecule has 0 bridgehead atoms. The number of fused-ring (bicyclic) bond motifs is 1. The fourth-order valence-corrected chi connectivity index (χ4v) is 4.73. The summed E-state index contributed by atoms with van der Waals surface area (Å²) in [5.74, 6) is 0.279. The van der Waals surface area contributed by atoms with Crippen molar-refractivity contribution in [1.29, 1.82) is 0 Å². The predicted molar refractivity (Wildman–Crippen MR) is 140 cm³/mol. The number of carbonyl (C=O) groups is 1. The number of amides is 1. The number of hydrogen-bond acceptors (Lipinski definition) is 4. The van der Waals surface area contributed by atoms with E-state index in [9.17, 15) is 9.59 Å². The number of nitrogens with one attached hydrogen (secondary N) is 1. The van der Waals surface area contributed by atoms with E-state index >= 15 is 0 Å². The molecule has 6 nitrogen and oxygen atoms in total. The van der Waals surface area contributed by atoms with Crippen molar-refractivity contribution in [3.63, 3.8) is 0 Å². The quantitative estimate of drug-likeness (QED) is 0.461. The molecule has 178 valence electrons. The lowest BCUT2D eigenvalue weighted by Gasteiger charge is -2.32. The average molecular weight is 467 g/mol. The van der Waals surface area contributed by atoms with Gasteiger partial charge in [0.1, 0.15) is 0 Å². The molecule has 0 aliphatic carbocycles. The largest absolute Gasteiger partial charge is 0.352 e. The van der Waals surface area contributed by atoms with Gasteiger partial charge < -0.3 is 10.2 Å². The third-order valence-corrected chi connectivity index (χ3v) is 6.70. The van der Waals surface area contributed by atoms with Crippen LogP contribution >= 0.6 is 0 Å². The van der Waals surface area contributed by atoms with Crippen molar-refractivity contribution in [3.8, 4) is 0 Å². The summed E-state index contributed by atoms with van der Waals surface area (Å²) < 4.78 is 1.80. The van der Waals surface area contributed by atoms with Gasteiger partial charge in [0.15, 0.2) is 5.82 Å². The minimum atomic E-state index is -0.176.